The van der Waals surface area contributed by atoms with E-state index in [1.54, 1.807) is 6.92 Å². The first-order valence-electron chi connectivity index (χ1n) is 3.90. The standard InChI is InChI=1S/C8H10O4/c1-2-12-8(11)5-3-4-6(9)7(5)10/h5H,2-4H2,1H3. The lowest BCUT2D eigenvalue weighted by Crippen LogP contribution is -2.24. The van der Waals surface area contributed by atoms with Crippen LogP contribution in [0.3, 0.4) is 0 Å². The largest absolute Gasteiger partial charge is 0.465 e. The Labute approximate surface area is 69.9 Å². The van der Waals surface area contributed by atoms with Crippen molar-refractivity contribution in [2.24, 2.45) is 5.92 Å². The lowest BCUT2D eigenvalue weighted by Gasteiger charge is -2.04. The van der Waals surface area contributed by atoms with Crippen molar-refractivity contribution in [1.82, 2.24) is 0 Å². The molecule has 0 heterocycles. The SMILES string of the molecule is CCOC(=O)C1CCC(=O)C1=O. The summed E-state index contributed by atoms with van der Waals surface area (Å²) in [5.41, 5.74) is 0. The number of carbonyl (C=O) groups is 3. The summed E-state index contributed by atoms with van der Waals surface area (Å²) < 4.78 is 4.63. The molecule has 0 spiro atoms. The Morgan fingerprint density at radius 3 is 2.67 bits per heavy atom. The van der Waals surface area contributed by atoms with Gasteiger partial charge in [-0.05, 0) is 13.3 Å². The Morgan fingerprint density at radius 1 is 1.58 bits per heavy atom. The number of ether oxygens (including phenoxy) is 1. The molecule has 1 unspecified atom stereocenters. The molecule has 1 fully saturated rings. The van der Waals surface area contributed by atoms with Gasteiger partial charge in [-0.2, -0.15) is 0 Å². The van der Waals surface area contributed by atoms with E-state index < -0.39 is 23.5 Å². The fourth-order valence-corrected chi connectivity index (χ4v) is 1.19. The van der Waals surface area contributed by atoms with Crippen LogP contribution in [0.4, 0.5) is 0 Å². The maximum atomic E-state index is 11.0. The minimum atomic E-state index is -0.822. The first-order chi connectivity index (χ1) is 5.66. The van der Waals surface area contributed by atoms with Crippen LogP contribution in [0, 0.1) is 5.92 Å². The lowest BCUT2D eigenvalue weighted by molar-refractivity contribution is -0.152. The quantitative estimate of drug-likeness (QED) is 0.335. The summed E-state index contributed by atoms with van der Waals surface area (Å²) in [6, 6.07) is 0. The molecule has 0 amide bonds. The van der Waals surface area contributed by atoms with Gasteiger partial charge < -0.3 is 4.74 Å². The zero-order chi connectivity index (χ0) is 9.14. The third-order valence-electron chi connectivity index (χ3n) is 1.82. The van der Waals surface area contributed by atoms with E-state index in [2.05, 4.69) is 4.74 Å². The summed E-state index contributed by atoms with van der Waals surface area (Å²) in [4.78, 5) is 32.7. The zero-order valence-electron chi connectivity index (χ0n) is 6.83. The van der Waals surface area contributed by atoms with E-state index in [0.717, 1.165) is 0 Å². The third kappa shape index (κ3) is 1.52. The average Bonchev–Trinajstić information content (AvgIpc) is 2.34. The van der Waals surface area contributed by atoms with Crippen molar-refractivity contribution in [3.8, 4) is 0 Å². The second-order valence-electron chi connectivity index (χ2n) is 2.63. The number of ketones is 2. The number of hydrogen-bond acceptors (Lipinski definition) is 4. The van der Waals surface area contributed by atoms with Crippen LogP contribution in [0.1, 0.15) is 19.8 Å². The molecule has 0 saturated heterocycles. The van der Waals surface area contributed by atoms with E-state index in [9.17, 15) is 14.4 Å². The number of Topliss-reactive ketones (excluding diaryl/α,β-unsaturated/α-hetero) is 2. The summed E-state index contributed by atoms with van der Waals surface area (Å²) in [5, 5.41) is 0. The molecule has 0 radical (unpaired) electrons. The zero-order valence-corrected chi connectivity index (χ0v) is 6.83. The molecular weight excluding hydrogens is 160 g/mol. The Bertz CT molecular complexity index is 231. The first kappa shape index (κ1) is 8.90. The van der Waals surface area contributed by atoms with Crippen LogP contribution in [0.15, 0.2) is 0 Å². The van der Waals surface area contributed by atoms with E-state index in [4.69, 9.17) is 0 Å². The van der Waals surface area contributed by atoms with Crippen molar-refractivity contribution in [2.75, 3.05) is 6.61 Å². The topological polar surface area (TPSA) is 60.4 Å². The van der Waals surface area contributed by atoms with E-state index in [1.807, 2.05) is 0 Å². The highest BCUT2D eigenvalue weighted by atomic mass is 16.5. The minimum absolute atomic E-state index is 0.183. The number of rotatable bonds is 2. The molecule has 1 saturated carbocycles. The van der Waals surface area contributed by atoms with Gasteiger partial charge in [-0.15, -0.1) is 0 Å². The lowest BCUT2D eigenvalue weighted by atomic mass is 10.1. The molecule has 0 aromatic heterocycles. The van der Waals surface area contributed by atoms with Crippen LogP contribution in [-0.2, 0) is 19.1 Å². The summed E-state index contributed by atoms with van der Waals surface area (Å²) >= 11 is 0. The maximum absolute atomic E-state index is 11.0. The number of esters is 1. The molecule has 4 nitrogen and oxygen atoms in total. The predicted molar refractivity (Wildman–Crippen MR) is 39.4 cm³/mol. The van der Waals surface area contributed by atoms with Crippen LogP contribution in [-0.4, -0.2) is 24.1 Å². The van der Waals surface area contributed by atoms with Crippen LogP contribution in [0.2, 0.25) is 0 Å². The van der Waals surface area contributed by atoms with Gasteiger partial charge in [-0.3, -0.25) is 14.4 Å². The first-order valence-corrected chi connectivity index (χ1v) is 3.90. The summed E-state index contributed by atoms with van der Waals surface area (Å²) in [6.07, 6.45) is 0.499. The number of hydrogen-bond donors (Lipinski definition) is 0. The van der Waals surface area contributed by atoms with E-state index in [0.29, 0.717) is 6.42 Å². The van der Waals surface area contributed by atoms with Crippen molar-refractivity contribution in [2.45, 2.75) is 19.8 Å². The van der Waals surface area contributed by atoms with E-state index >= 15 is 0 Å². The van der Waals surface area contributed by atoms with E-state index in [1.165, 1.54) is 0 Å². The molecule has 1 aliphatic carbocycles. The highest BCUT2D eigenvalue weighted by Gasteiger charge is 2.38. The Kier molecular flexibility index (Phi) is 2.58. The molecule has 0 aromatic carbocycles. The van der Waals surface area contributed by atoms with Crippen molar-refractivity contribution >= 4 is 17.5 Å². The highest BCUT2D eigenvalue weighted by Crippen LogP contribution is 2.19. The van der Waals surface area contributed by atoms with Gasteiger partial charge >= 0.3 is 5.97 Å². The smallest absolute Gasteiger partial charge is 0.316 e. The molecule has 0 N–H and O–H groups in total. The van der Waals surface area contributed by atoms with Crippen molar-refractivity contribution in [3.05, 3.63) is 0 Å². The van der Waals surface area contributed by atoms with Gasteiger partial charge in [0.15, 0.2) is 5.78 Å². The van der Waals surface area contributed by atoms with Crippen molar-refractivity contribution < 1.29 is 19.1 Å². The van der Waals surface area contributed by atoms with Gasteiger partial charge in [0.25, 0.3) is 0 Å². The normalized spacial score (nSPS) is 22.9. The van der Waals surface area contributed by atoms with Crippen molar-refractivity contribution in [3.63, 3.8) is 0 Å². The fraction of sp³-hybridized carbons (Fsp3) is 0.625. The van der Waals surface area contributed by atoms with Crippen LogP contribution in [0.5, 0.6) is 0 Å². The molecule has 1 rings (SSSR count). The van der Waals surface area contributed by atoms with Crippen molar-refractivity contribution in [1.29, 1.82) is 0 Å². The van der Waals surface area contributed by atoms with Crippen LogP contribution >= 0.6 is 0 Å². The van der Waals surface area contributed by atoms with Crippen LogP contribution in [0.25, 0.3) is 0 Å². The minimum Gasteiger partial charge on any atom is -0.465 e. The molecule has 1 atom stereocenters. The molecular formula is C8H10O4. The monoisotopic (exact) mass is 170 g/mol. The summed E-state index contributed by atoms with van der Waals surface area (Å²) in [5.74, 6) is -2.42. The predicted octanol–water partition coefficient (Wildman–Crippen LogP) is 0.0977. The average molecular weight is 170 g/mol. The Balaban J connectivity index is 2.59. The number of carbonyl (C=O) groups excluding carboxylic acids is 3. The highest BCUT2D eigenvalue weighted by molar-refractivity contribution is 6.43. The molecule has 1 aliphatic rings. The van der Waals surface area contributed by atoms with Gasteiger partial charge in [0.2, 0.25) is 5.78 Å². The van der Waals surface area contributed by atoms with Gasteiger partial charge in [-0.25, -0.2) is 0 Å². The van der Waals surface area contributed by atoms with Gasteiger partial charge in [-0.1, -0.05) is 0 Å². The second kappa shape index (κ2) is 3.47. The molecule has 4 heteroatoms. The molecule has 0 aromatic rings. The molecule has 0 aliphatic heterocycles. The van der Waals surface area contributed by atoms with E-state index in [-0.39, 0.29) is 13.0 Å². The maximum Gasteiger partial charge on any atom is 0.316 e. The third-order valence-corrected chi connectivity index (χ3v) is 1.82. The molecule has 66 valence electrons. The van der Waals surface area contributed by atoms with Gasteiger partial charge in [0.05, 0.1) is 6.61 Å². The summed E-state index contributed by atoms with van der Waals surface area (Å²) in [6.45, 7) is 1.91. The molecule has 12 heavy (non-hydrogen) atoms. The molecule has 0 bridgehead atoms. The van der Waals surface area contributed by atoms with Crippen LogP contribution < -0.4 is 0 Å². The van der Waals surface area contributed by atoms with Gasteiger partial charge in [0.1, 0.15) is 5.92 Å². The summed E-state index contributed by atoms with van der Waals surface area (Å²) in [7, 11) is 0. The second-order valence-corrected chi connectivity index (χ2v) is 2.63. The Hall–Kier alpha value is -1.19. The fourth-order valence-electron chi connectivity index (χ4n) is 1.19. The van der Waals surface area contributed by atoms with Gasteiger partial charge in [0, 0.05) is 6.42 Å². The Morgan fingerprint density at radius 2 is 2.25 bits per heavy atom.